The zero-order chi connectivity index (χ0) is 12.6. The highest BCUT2D eigenvalue weighted by Gasteiger charge is 2.45. The molecule has 0 saturated carbocycles. The number of alkyl halides is 3. The third-order valence-corrected chi connectivity index (χ3v) is 3.14. The van der Waals surface area contributed by atoms with Gasteiger partial charge < -0.3 is 9.47 Å². The number of ether oxygens (including phenoxy) is 2. The Hall–Kier alpha value is -1.04. The Balaban J connectivity index is 2.32. The summed E-state index contributed by atoms with van der Waals surface area (Å²) >= 11 is 4.18. The Morgan fingerprint density at radius 2 is 2.12 bits per heavy atom. The topological polar surface area (TPSA) is 18.5 Å². The Morgan fingerprint density at radius 1 is 1.41 bits per heavy atom. The van der Waals surface area contributed by atoms with Gasteiger partial charge in [0, 0.05) is 17.2 Å². The van der Waals surface area contributed by atoms with Gasteiger partial charge in [0.05, 0.1) is 7.11 Å². The van der Waals surface area contributed by atoms with Crippen molar-refractivity contribution in [2.75, 3.05) is 7.11 Å². The first-order valence-corrected chi connectivity index (χ1v) is 5.53. The van der Waals surface area contributed by atoms with Gasteiger partial charge in [0.25, 0.3) is 0 Å². The van der Waals surface area contributed by atoms with Crippen LogP contribution in [0.5, 0.6) is 11.5 Å². The van der Waals surface area contributed by atoms with Crippen LogP contribution in [0.15, 0.2) is 18.2 Å². The smallest absolute Gasteiger partial charge is 0.425 e. The number of fused-ring (bicyclic) bond motifs is 1. The van der Waals surface area contributed by atoms with E-state index in [-0.39, 0.29) is 12.2 Å². The minimum atomic E-state index is -4.36. The molecule has 0 amide bonds. The molecule has 0 aromatic heterocycles. The third kappa shape index (κ3) is 2.46. The second kappa shape index (κ2) is 4.33. The average Bonchev–Trinajstić information content (AvgIpc) is 2.27. The summed E-state index contributed by atoms with van der Waals surface area (Å²) in [6.45, 7) is 0. The molecule has 0 radical (unpaired) electrons. The minimum Gasteiger partial charge on any atom is -0.497 e. The van der Waals surface area contributed by atoms with Crippen molar-refractivity contribution in [2.45, 2.75) is 24.0 Å². The lowest BCUT2D eigenvalue weighted by Gasteiger charge is -2.31. The van der Waals surface area contributed by atoms with Crippen molar-refractivity contribution in [3.8, 4) is 11.5 Å². The average molecular weight is 264 g/mol. The molecular formula is C11H11F3O2S. The number of methoxy groups -OCH3 is 1. The Labute approximate surface area is 102 Å². The molecule has 0 saturated heterocycles. The van der Waals surface area contributed by atoms with E-state index in [1.807, 2.05) is 0 Å². The predicted molar refractivity (Wildman–Crippen MR) is 59.8 cm³/mol. The van der Waals surface area contributed by atoms with Crippen molar-refractivity contribution in [3.63, 3.8) is 0 Å². The fourth-order valence-electron chi connectivity index (χ4n) is 1.75. The molecule has 94 valence electrons. The van der Waals surface area contributed by atoms with Crippen molar-refractivity contribution in [1.29, 1.82) is 0 Å². The van der Waals surface area contributed by atoms with Crippen LogP contribution >= 0.6 is 12.6 Å². The van der Waals surface area contributed by atoms with Crippen LogP contribution in [0.2, 0.25) is 0 Å². The molecule has 1 aromatic carbocycles. The molecule has 2 unspecified atom stereocenters. The van der Waals surface area contributed by atoms with Gasteiger partial charge in [0.1, 0.15) is 11.5 Å². The number of benzene rings is 1. The fourth-order valence-corrected chi connectivity index (χ4v) is 2.15. The molecule has 0 spiro atoms. The van der Waals surface area contributed by atoms with E-state index in [4.69, 9.17) is 9.47 Å². The number of hydrogen-bond acceptors (Lipinski definition) is 3. The van der Waals surface area contributed by atoms with E-state index in [2.05, 4.69) is 12.6 Å². The van der Waals surface area contributed by atoms with Gasteiger partial charge in [0.2, 0.25) is 0 Å². The van der Waals surface area contributed by atoms with Crippen LogP contribution in [-0.2, 0) is 0 Å². The molecule has 0 N–H and O–H groups in total. The maximum Gasteiger partial charge on any atom is 0.425 e. The number of halogens is 3. The van der Waals surface area contributed by atoms with E-state index in [1.165, 1.54) is 13.2 Å². The third-order valence-electron chi connectivity index (χ3n) is 2.65. The summed E-state index contributed by atoms with van der Waals surface area (Å²) in [5.41, 5.74) is 0.633. The first kappa shape index (κ1) is 12.4. The Bertz CT molecular complexity index is 420. The largest absolute Gasteiger partial charge is 0.497 e. The second-order valence-electron chi connectivity index (χ2n) is 3.80. The summed E-state index contributed by atoms with van der Waals surface area (Å²) in [7, 11) is 1.50. The van der Waals surface area contributed by atoms with Crippen molar-refractivity contribution in [3.05, 3.63) is 23.8 Å². The maximum absolute atomic E-state index is 12.6. The van der Waals surface area contributed by atoms with E-state index in [0.717, 1.165) is 0 Å². The van der Waals surface area contributed by atoms with Gasteiger partial charge in [-0.25, -0.2) is 0 Å². The predicted octanol–water partition coefficient (Wildman–Crippen LogP) is 3.38. The Morgan fingerprint density at radius 3 is 2.71 bits per heavy atom. The quantitative estimate of drug-likeness (QED) is 0.784. The lowest BCUT2D eigenvalue weighted by Crippen LogP contribution is -2.37. The number of rotatable bonds is 1. The molecule has 1 aromatic rings. The van der Waals surface area contributed by atoms with Crippen molar-refractivity contribution in [2.24, 2.45) is 0 Å². The summed E-state index contributed by atoms with van der Waals surface area (Å²) in [5, 5.41) is -0.500. The van der Waals surface area contributed by atoms with Gasteiger partial charge in [-0.05, 0) is 18.2 Å². The zero-order valence-corrected chi connectivity index (χ0v) is 9.89. The van der Waals surface area contributed by atoms with E-state index < -0.39 is 17.5 Å². The molecule has 2 rings (SSSR count). The summed E-state index contributed by atoms with van der Waals surface area (Å²) in [6, 6.07) is 4.70. The summed E-state index contributed by atoms with van der Waals surface area (Å²) < 4.78 is 47.7. The number of hydrogen-bond donors (Lipinski definition) is 1. The van der Waals surface area contributed by atoms with Crippen molar-refractivity contribution in [1.82, 2.24) is 0 Å². The van der Waals surface area contributed by atoms with Crippen LogP contribution in [0.25, 0.3) is 0 Å². The molecule has 2 nitrogen and oxygen atoms in total. The van der Waals surface area contributed by atoms with Gasteiger partial charge in [-0.2, -0.15) is 25.8 Å². The number of thiol groups is 1. The summed E-state index contributed by atoms with van der Waals surface area (Å²) in [5.74, 6) is 0.802. The minimum absolute atomic E-state index is 0.188. The van der Waals surface area contributed by atoms with E-state index in [0.29, 0.717) is 11.3 Å². The van der Waals surface area contributed by atoms with E-state index in [9.17, 15) is 13.2 Å². The maximum atomic E-state index is 12.6. The molecule has 6 heteroatoms. The molecule has 2 atom stereocenters. The molecule has 0 fully saturated rings. The first-order valence-electron chi connectivity index (χ1n) is 5.01. The highest BCUT2D eigenvalue weighted by Crippen LogP contribution is 2.44. The molecule has 1 aliphatic rings. The van der Waals surface area contributed by atoms with Gasteiger partial charge in [0.15, 0.2) is 6.10 Å². The standard InChI is InChI=1S/C11H11F3O2S/c1-15-6-2-3-8-7(4-6)9(17)5-10(16-8)11(12,13)14/h2-4,9-10,17H,5H2,1H3. The van der Waals surface area contributed by atoms with Crippen LogP contribution in [0.3, 0.4) is 0 Å². The summed E-state index contributed by atoms with van der Waals surface area (Å²) in [4.78, 5) is 0. The Kier molecular flexibility index (Phi) is 3.16. The highest BCUT2D eigenvalue weighted by atomic mass is 32.1. The SMILES string of the molecule is COc1ccc2c(c1)C(S)CC(C(F)(F)F)O2. The normalized spacial score (nSPS) is 23.8. The van der Waals surface area contributed by atoms with Crippen LogP contribution in [0.4, 0.5) is 13.2 Å². The van der Waals surface area contributed by atoms with Gasteiger partial charge in [-0.3, -0.25) is 0 Å². The fraction of sp³-hybridized carbons (Fsp3) is 0.455. The first-order chi connectivity index (χ1) is 7.91. The molecule has 1 heterocycles. The van der Waals surface area contributed by atoms with Crippen molar-refractivity contribution < 1.29 is 22.6 Å². The van der Waals surface area contributed by atoms with E-state index in [1.54, 1.807) is 12.1 Å². The van der Waals surface area contributed by atoms with Gasteiger partial charge in [-0.1, -0.05) is 0 Å². The lowest BCUT2D eigenvalue weighted by atomic mass is 10.0. The van der Waals surface area contributed by atoms with Crippen LogP contribution in [0, 0.1) is 0 Å². The monoisotopic (exact) mass is 264 g/mol. The van der Waals surface area contributed by atoms with Crippen LogP contribution in [-0.4, -0.2) is 19.4 Å². The highest BCUT2D eigenvalue weighted by molar-refractivity contribution is 7.80. The van der Waals surface area contributed by atoms with E-state index >= 15 is 0 Å². The second-order valence-corrected chi connectivity index (χ2v) is 4.43. The lowest BCUT2D eigenvalue weighted by molar-refractivity contribution is -0.199. The van der Waals surface area contributed by atoms with Crippen molar-refractivity contribution >= 4 is 12.6 Å². The molecule has 0 aliphatic carbocycles. The molecule has 17 heavy (non-hydrogen) atoms. The van der Waals surface area contributed by atoms with Gasteiger partial charge >= 0.3 is 6.18 Å². The molecule has 0 bridgehead atoms. The molecular weight excluding hydrogens is 253 g/mol. The van der Waals surface area contributed by atoms with Crippen LogP contribution in [0.1, 0.15) is 17.2 Å². The zero-order valence-electron chi connectivity index (χ0n) is 8.99. The van der Waals surface area contributed by atoms with Crippen LogP contribution < -0.4 is 9.47 Å². The summed E-state index contributed by atoms with van der Waals surface area (Å²) in [6.07, 6.45) is -6.34. The molecule has 1 aliphatic heterocycles. The van der Waals surface area contributed by atoms with Gasteiger partial charge in [-0.15, -0.1) is 0 Å².